The number of benzene rings is 3. The summed E-state index contributed by atoms with van der Waals surface area (Å²) in [5, 5.41) is 0.571. The van der Waals surface area contributed by atoms with E-state index >= 15 is 0 Å². The molecule has 0 spiro atoms. The van der Waals surface area contributed by atoms with Crippen molar-refractivity contribution in [3.05, 3.63) is 98.9 Å². The summed E-state index contributed by atoms with van der Waals surface area (Å²) in [6.45, 7) is 0. The highest BCUT2D eigenvalue weighted by molar-refractivity contribution is 6.39. The van der Waals surface area contributed by atoms with Crippen molar-refractivity contribution in [3.63, 3.8) is 0 Å². The monoisotopic (exact) mass is 450 g/mol. The summed E-state index contributed by atoms with van der Waals surface area (Å²) in [4.78, 5) is 35.2. The van der Waals surface area contributed by atoms with Crippen molar-refractivity contribution in [3.8, 4) is 0 Å². The fourth-order valence-electron chi connectivity index (χ4n) is 3.79. The van der Waals surface area contributed by atoms with Gasteiger partial charge in [0.2, 0.25) is 0 Å². The normalized spacial score (nSPS) is 16.2. The zero-order valence-electron chi connectivity index (χ0n) is 16.1. The Labute approximate surface area is 187 Å². The molecule has 2 N–H and O–H groups in total. The van der Waals surface area contributed by atoms with Gasteiger partial charge in [0.05, 0.1) is 22.4 Å². The average Bonchev–Trinajstić information content (AvgIpc) is 3.11. The first kappa shape index (κ1) is 19.6. The number of aromatic amines is 2. The Morgan fingerprint density at radius 2 is 1.68 bits per heavy atom. The number of rotatable bonds is 3. The lowest BCUT2D eigenvalue weighted by Crippen LogP contribution is -2.32. The smallest absolute Gasteiger partial charge is 0.306 e. The second kappa shape index (κ2) is 7.72. The standard InChI is InChI=1S/C23H16Cl2N4O2/c24-16-7-3-1-5-13(16)11-19-22(30)29(25)20-8-4-2-6-15(20)21(26-19)14-9-10-17-18(12-14)28-23(31)27-17/h1-10,12,19H,11H2,(H2,27,28,31). The molecule has 0 saturated carbocycles. The molecule has 3 aromatic carbocycles. The zero-order chi connectivity index (χ0) is 21.5. The largest absolute Gasteiger partial charge is 0.323 e. The summed E-state index contributed by atoms with van der Waals surface area (Å²) in [5.74, 6) is -0.333. The van der Waals surface area contributed by atoms with E-state index in [2.05, 4.69) is 9.97 Å². The molecule has 1 aliphatic rings. The number of amides is 1. The zero-order valence-corrected chi connectivity index (χ0v) is 17.6. The first-order chi connectivity index (χ1) is 15.0. The Kier molecular flexibility index (Phi) is 4.88. The highest BCUT2D eigenvalue weighted by atomic mass is 35.5. The Morgan fingerprint density at radius 3 is 2.52 bits per heavy atom. The second-order valence-electron chi connectivity index (χ2n) is 7.26. The highest BCUT2D eigenvalue weighted by Gasteiger charge is 2.31. The lowest BCUT2D eigenvalue weighted by atomic mass is 10.00. The van der Waals surface area contributed by atoms with E-state index in [9.17, 15) is 9.59 Å². The molecule has 1 aromatic heterocycles. The van der Waals surface area contributed by atoms with Crippen molar-refractivity contribution in [2.75, 3.05) is 4.42 Å². The number of carbonyl (C=O) groups excluding carboxylic acids is 1. The number of H-pyrrole nitrogens is 2. The van der Waals surface area contributed by atoms with Gasteiger partial charge in [-0.05, 0) is 29.8 Å². The number of carbonyl (C=O) groups is 1. The third-order valence-electron chi connectivity index (χ3n) is 5.29. The van der Waals surface area contributed by atoms with Crippen molar-refractivity contribution < 1.29 is 4.79 Å². The maximum absolute atomic E-state index is 13.2. The number of nitrogens with zero attached hydrogens (tertiary/aromatic N) is 2. The maximum Gasteiger partial charge on any atom is 0.323 e. The maximum atomic E-state index is 13.2. The number of hydrogen-bond acceptors (Lipinski definition) is 3. The molecule has 5 rings (SSSR count). The average molecular weight is 451 g/mol. The van der Waals surface area contributed by atoms with Crippen LogP contribution in [0.15, 0.2) is 76.5 Å². The quantitative estimate of drug-likeness (QED) is 0.451. The Morgan fingerprint density at radius 1 is 0.935 bits per heavy atom. The van der Waals surface area contributed by atoms with E-state index < -0.39 is 6.04 Å². The minimum Gasteiger partial charge on any atom is -0.306 e. The van der Waals surface area contributed by atoms with Crippen molar-refractivity contribution in [1.29, 1.82) is 0 Å². The summed E-state index contributed by atoms with van der Waals surface area (Å²) in [6.07, 6.45) is 0.308. The molecule has 1 aliphatic heterocycles. The van der Waals surface area contributed by atoms with Gasteiger partial charge in [0.15, 0.2) is 0 Å². The van der Waals surface area contributed by atoms with Gasteiger partial charge in [-0.15, -0.1) is 0 Å². The van der Waals surface area contributed by atoms with Gasteiger partial charge in [0, 0.05) is 34.3 Å². The Hall–Kier alpha value is -3.35. The molecular weight excluding hydrogens is 435 g/mol. The third-order valence-corrected chi connectivity index (χ3v) is 6.01. The van der Waals surface area contributed by atoms with Gasteiger partial charge < -0.3 is 9.97 Å². The van der Waals surface area contributed by atoms with Crippen molar-refractivity contribution in [2.45, 2.75) is 12.5 Å². The minimum atomic E-state index is -0.763. The van der Waals surface area contributed by atoms with E-state index in [0.717, 1.165) is 21.1 Å². The van der Waals surface area contributed by atoms with Gasteiger partial charge >= 0.3 is 5.69 Å². The topological polar surface area (TPSA) is 81.3 Å². The molecule has 0 fully saturated rings. The van der Waals surface area contributed by atoms with E-state index in [1.165, 1.54) is 0 Å². The number of benzodiazepines with no additional fused rings is 1. The number of aromatic nitrogens is 2. The molecule has 1 atom stereocenters. The number of hydrogen-bond donors (Lipinski definition) is 2. The van der Waals surface area contributed by atoms with E-state index in [0.29, 0.717) is 33.9 Å². The van der Waals surface area contributed by atoms with Crippen LogP contribution in [0.3, 0.4) is 0 Å². The molecule has 6 nitrogen and oxygen atoms in total. The number of anilines is 1. The van der Waals surface area contributed by atoms with Crippen molar-refractivity contribution in [1.82, 2.24) is 9.97 Å². The van der Waals surface area contributed by atoms with E-state index in [4.69, 9.17) is 28.4 Å². The number of imidazole rings is 1. The highest BCUT2D eigenvalue weighted by Crippen LogP contribution is 2.31. The summed E-state index contributed by atoms with van der Waals surface area (Å²) in [7, 11) is 0. The Balaban J connectivity index is 1.69. The molecule has 0 bridgehead atoms. The predicted octanol–water partition coefficient (Wildman–Crippen LogP) is 4.46. The number of nitrogens with one attached hydrogen (secondary N) is 2. The molecule has 4 aromatic rings. The summed E-state index contributed by atoms with van der Waals surface area (Å²) >= 11 is 12.8. The number of fused-ring (bicyclic) bond motifs is 2. The molecule has 154 valence electrons. The third kappa shape index (κ3) is 3.54. The van der Waals surface area contributed by atoms with Gasteiger partial charge in [0.25, 0.3) is 5.91 Å². The van der Waals surface area contributed by atoms with E-state index in [1.807, 2.05) is 54.6 Å². The SMILES string of the molecule is O=C1C(Cc2ccccc2Cl)N=C(c2ccc3[nH]c(=O)[nH]c3c2)c2ccccc2N1Cl. The van der Waals surface area contributed by atoms with E-state index in [1.54, 1.807) is 12.1 Å². The van der Waals surface area contributed by atoms with Gasteiger partial charge in [-0.3, -0.25) is 9.79 Å². The Bertz CT molecular complexity index is 1410. The van der Waals surface area contributed by atoms with Crippen LogP contribution < -0.4 is 10.1 Å². The molecule has 0 saturated heterocycles. The van der Waals surface area contributed by atoms with Crippen LogP contribution in [0, 0.1) is 0 Å². The molecule has 0 radical (unpaired) electrons. The van der Waals surface area contributed by atoms with Gasteiger partial charge in [-0.2, -0.15) is 0 Å². The van der Waals surface area contributed by atoms with Crippen LogP contribution in [0.4, 0.5) is 5.69 Å². The predicted molar refractivity (Wildman–Crippen MR) is 123 cm³/mol. The lowest BCUT2D eigenvalue weighted by molar-refractivity contribution is -0.118. The molecule has 1 unspecified atom stereocenters. The molecule has 0 aliphatic carbocycles. The summed E-state index contributed by atoms with van der Waals surface area (Å²) in [5.41, 5.74) is 4.54. The van der Waals surface area contributed by atoms with Crippen molar-refractivity contribution in [2.24, 2.45) is 4.99 Å². The van der Waals surface area contributed by atoms with Crippen LogP contribution in [0.1, 0.15) is 16.7 Å². The van der Waals surface area contributed by atoms with Crippen LogP contribution >= 0.6 is 23.4 Å². The van der Waals surface area contributed by atoms with Crippen molar-refractivity contribution >= 4 is 51.7 Å². The fraction of sp³-hybridized carbons (Fsp3) is 0.0870. The van der Waals surface area contributed by atoms with Crippen LogP contribution in [0.25, 0.3) is 11.0 Å². The van der Waals surface area contributed by atoms with Crippen LogP contribution in [-0.2, 0) is 11.2 Å². The van der Waals surface area contributed by atoms with Gasteiger partial charge in [0.1, 0.15) is 6.04 Å². The van der Waals surface area contributed by atoms with Gasteiger partial charge in [-0.25, -0.2) is 9.21 Å². The van der Waals surface area contributed by atoms with E-state index in [-0.39, 0.29) is 11.6 Å². The minimum absolute atomic E-state index is 0.283. The number of halogens is 2. The van der Waals surface area contributed by atoms with Crippen LogP contribution in [0.2, 0.25) is 5.02 Å². The summed E-state index contributed by atoms with van der Waals surface area (Å²) in [6, 6.07) is 19.5. The molecule has 2 heterocycles. The lowest BCUT2D eigenvalue weighted by Gasteiger charge is -2.17. The van der Waals surface area contributed by atoms with Gasteiger partial charge in [-0.1, -0.05) is 54.1 Å². The number of aliphatic imine (C=N–C) groups is 1. The molecule has 1 amide bonds. The molecular formula is C23H16Cl2N4O2. The summed E-state index contributed by atoms with van der Waals surface area (Å²) < 4.78 is 1.13. The fourth-order valence-corrected chi connectivity index (χ4v) is 4.26. The van der Waals surface area contributed by atoms with Crippen LogP contribution in [-0.4, -0.2) is 27.6 Å². The van der Waals surface area contributed by atoms with Crippen LogP contribution in [0.5, 0.6) is 0 Å². The molecule has 31 heavy (non-hydrogen) atoms. The number of para-hydroxylation sites is 1. The molecule has 8 heteroatoms. The first-order valence-electron chi connectivity index (χ1n) is 9.64. The second-order valence-corrected chi connectivity index (χ2v) is 8.01. The first-order valence-corrected chi connectivity index (χ1v) is 10.4.